The maximum Gasteiger partial charge on any atom is 0.241 e. The molecule has 0 radical (unpaired) electrons. The van der Waals surface area contributed by atoms with Crippen LogP contribution < -0.4 is 5.32 Å². The Labute approximate surface area is 157 Å². The van der Waals surface area contributed by atoms with E-state index in [4.69, 9.17) is 4.42 Å². The van der Waals surface area contributed by atoms with Gasteiger partial charge in [0.15, 0.2) is 0 Å². The monoisotopic (exact) mass is 405 g/mol. The zero-order valence-electron chi connectivity index (χ0n) is 14.7. The molecule has 1 aromatic carbocycles. The topological polar surface area (TPSA) is 48.7 Å². The van der Waals surface area contributed by atoms with Gasteiger partial charge in [-0.2, -0.15) is 0 Å². The summed E-state index contributed by atoms with van der Waals surface area (Å²) in [5.74, 6) is 1.02. The fourth-order valence-electron chi connectivity index (χ4n) is 3.06. The number of carbonyl (C=O) groups excluding carboxylic acids is 1. The molecule has 0 unspecified atom stereocenters. The lowest BCUT2D eigenvalue weighted by Gasteiger charge is -2.37. The number of piperazine rings is 1. The first-order valence-electron chi connectivity index (χ1n) is 8.59. The molecule has 3 rings (SSSR count). The number of rotatable bonds is 5. The number of halogens is 1. The first kappa shape index (κ1) is 18.2. The number of nitrogens with zero attached hydrogens (tertiary/aromatic N) is 2. The van der Waals surface area contributed by atoms with Crippen molar-refractivity contribution in [2.75, 3.05) is 31.5 Å². The van der Waals surface area contributed by atoms with E-state index in [2.05, 4.69) is 31.0 Å². The van der Waals surface area contributed by atoms with Crippen LogP contribution in [0, 0.1) is 6.92 Å². The van der Waals surface area contributed by atoms with Gasteiger partial charge in [0.05, 0.1) is 24.5 Å². The summed E-state index contributed by atoms with van der Waals surface area (Å²) in [5.41, 5.74) is 1.98. The van der Waals surface area contributed by atoms with E-state index in [0.29, 0.717) is 0 Å². The first-order valence-corrected chi connectivity index (χ1v) is 9.38. The zero-order valence-corrected chi connectivity index (χ0v) is 16.3. The molecule has 2 heterocycles. The molecule has 1 atom stereocenters. The van der Waals surface area contributed by atoms with Gasteiger partial charge in [-0.3, -0.25) is 14.6 Å². The highest BCUT2D eigenvalue weighted by Crippen LogP contribution is 2.24. The molecule has 1 amide bonds. The summed E-state index contributed by atoms with van der Waals surface area (Å²) in [5, 5.41) is 3.03. The number of benzene rings is 1. The predicted molar refractivity (Wildman–Crippen MR) is 103 cm³/mol. The number of hydrogen-bond donors (Lipinski definition) is 1. The van der Waals surface area contributed by atoms with E-state index in [1.165, 1.54) is 0 Å². The Kier molecular flexibility index (Phi) is 5.93. The molecule has 1 N–H and O–H groups in total. The Morgan fingerprint density at radius 2 is 2.04 bits per heavy atom. The number of hydrogen-bond acceptors (Lipinski definition) is 4. The Bertz CT molecular complexity index is 709. The van der Waals surface area contributed by atoms with Gasteiger partial charge in [0, 0.05) is 30.7 Å². The minimum absolute atomic E-state index is 0.0315. The normalized spacial score (nSPS) is 17.4. The van der Waals surface area contributed by atoms with Crippen LogP contribution >= 0.6 is 15.9 Å². The minimum Gasteiger partial charge on any atom is -0.468 e. The number of amides is 1. The standard InChI is InChI=1S/C19H24BrN3O2/c1-14-5-6-18(17(20)12-14)21-19(24)15(2)23-9-7-22(8-10-23)13-16-4-3-11-25-16/h3-6,11-12,15H,7-10,13H2,1-2H3,(H,21,24)/t15-/m1/s1. The van der Waals surface area contributed by atoms with Crippen LogP contribution in [0.1, 0.15) is 18.2 Å². The van der Waals surface area contributed by atoms with E-state index in [9.17, 15) is 4.79 Å². The molecule has 0 spiro atoms. The zero-order chi connectivity index (χ0) is 17.8. The first-order chi connectivity index (χ1) is 12.0. The van der Waals surface area contributed by atoms with Crippen molar-refractivity contribution in [3.63, 3.8) is 0 Å². The molecule has 5 nitrogen and oxygen atoms in total. The largest absolute Gasteiger partial charge is 0.468 e. The second-order valence-electron chi connectivity index (χ2n) is 6.54. The third kappa shape index (κ3) is 4.71. The van der Waals surface area contributed by atoms with Crippen molar-refractivity contribution >= 4 is 27.5 Å². The average molecular weight is 406 g/mol. The lowest BCUT2D eigenvalue weighted by Crippen LogP contribution is -2.52. The number of carbonyl (C=O) groups is 1. The van der Waals surface area contributed by atoms with E-state index in [0.717, 1.165) is 54.2 Å². The average Bonchev–Trinajstić information content (AvgIpc) is 3.10. The van der Waals surface area contributed by atoms with Crippen LogP contribution in [-0.4, -0.2) is 47.9 Å². The lowest BCUT2D eigenvalue weighted by molar-refractivity contribution is -0.121. The van der Waals surface area contributed by atoms with Crippen molar-refractivity contribution in [2.45, 2.75) is 26.4 Å². The van der Waals surface area contributed by atoms with E-state index in [1.807, 2.05) is 44.2 Å². The van der Waals surface area contributed by atoms with E-state index in [1.54, 1.807) is 6.26 Å². The van der Waals surface area contributed by atoms with E-state index < -0.39 is 0 Å². The molecule has 6 heteroatoms. The quantitative estimate of drug-likeness (QED) is 0.826. The van der Waals surface area contributed by atoms with Crippen LogP contribution in [-0.2, 0) is 11.3 Å². The van der Waals surface area contributed by atoms with Gasteiger partial charge in [0.25, 0.3) is 0 Å². The third-order valence-corrected chi connectivity index (χ3v) is 5.33. The maximum absolute atomic E-state index is 12.6. The van der Waals surface area contributed by atoms with Gasteiger partial charge < -0.3 is 9.73 Å². The highest BCUT2D eigenvalue weighted by Gasteiger charge is 2.26. The Hall–Kier alpha value is -1.63. The Morgan fingerprint density at radius 3 is 2.68 bits per heavy atom. The van der Waals surface area contributed by atoms with Crippen LogP contribution in [0.3, 0.4) is 0 Å². The van der Waals surface area contributed by atoms with Crippen molar-refractivity contribution in [2.24, 2.45) is 0 Å². The molecule has 25 heavy (non-hydrogen) atoms. The van der Waals surface area contributed by atoms with Crippen molar-refractivity contribution in [3.05, 3.63) is 52.4 Å². The van der Waals surface area contributed by atoms with Crippen molar-refractivity contribution < 1.29 is 9.21 Å². The molecule has 0 saturated carbocycles. The van der Waals surface area contributed by atoms with Crippen molar-refractivity contribution in [3.8, 4) is 0 Å². The summed E-state index contributed by atoms with van der Waals surface area (Å²) in [4.78, 5) is 17.2. The Morgan fingerprint density at radius 1 is 1.28 bits per heavy atom. The van der Waals surface area contributed by atoms with Gasteiger partial charge in [-0.05, 0) is 59.6 Å². The van der Waals surface area contributed by atoms with Crippen molar-refractivity contribution in [1.82, 2.24) is 9.80 Å². The van der Waals surface area contributed by atoms with Crippen LogP contribution in [0.4, 0.5) is 5.69 Å². The van der Waals surface area contributed by atoms with Gasteiger partial charge in [-0.15, -0.1) is 0 Å². The molecule has 1 aliphatic heterocycles. The van der Waals surface area contributed by atoms with Gasteiger partial charge in [0.2, 0.25) is 5.91 Å². The summed E-state index contributed by atoms with van der Waals surface area (Å²) in [7, 11) is 0. The molecule has 1 fully saturated rings. The third-order valence-electron chi connectivity index (χ3n) is 4.68. The van der Waals surface area contributed by atoms with Gasteiger partial charge in [-0.25, -0.2) is 0 Å². The van der Waals surface area contributed by atoms with Gasteiger partial charge in [0.1, 0.15) is 5.76 Å². The number of furan rings is 1. The second-order valence-corrected chi connectivity index (χ2v) is 7.39. The summed E-state index contributed by atoms with van der Waals surface area (Å²) in [6, 6.07) is 9.71. The van der Waals surface area contributed by atoms with E-state index in [-0.39, 0.29) is 11.9 Å². The molecule has 1 aromatic heterocycles. The molecule has 1 aliphatic rings. The molecule has 1 saturated heterocycles. The maximum atomic E-state index is 12.6. The molecule has 134 valence electrons. The van der Waals surface area contributed by atoms with Crippen LogP contribution in [0.5, 0.6) is 0 Å². The van der Waals surface area contributed by atoms with Crippen LogP contribution in [0.2, 0.25) is 0 Å². The van der Waals surface area contributed by atoms with E-state index >= 15 is 0 Å². The fourth-order valence-corrected chi connectivity index (χ4v) is 3.65. The lowest BCUT2D eigenvalue weighted by atomic mass is 10.2. The van der Waals surface area contributed by atoms with Gasteiger partial charge in [-0.1, -0.05) is 6.07 Å². The van der Waals surface area contributed by atoms with Crippen LogP contribution in [0.15, 0.2) is 45.5 Å². The van der Waals surface area contributed by atoms with Crippen molar-refractivity contribution in [1.29, 1.82) is 0 Å². The van der Waals surface area contributed by atoms with Gasteiger partial charge >= 0.3 is 0 Å². The minimum atomic E-state index is -0.154. The molecule has 0 aliphatic carbocycles. The summed E-state index contributed by atoms with van der Waals surface area (Å²) >= 11 is 3.51. The summed E-state index contributed by atoms with van der Waals surface area (Å²) < 4.78 is 6.32. The molecular weight excluding hydrogens is 382 g/mol. The summed E-state index contributed by atoms with van der Waals surface area (Å²) in [6.07, 6.45) is 1.71. The molecule has 0 bridgehead atoms. The smallest absolute Gasteiger partial charge is 0.241 e. The number of aryl methyl sites for hydroxylation is 1. The summed E-state index contributed by atoms with van der Waals surface area (Å²) in [6.45, 7) is 8.46. The Balaban J connectivity index is 1.51. The number of anilines is 1. The highest BCUT2D eigenvalue weighted by atomic mass is 79.9. The van der Waals surface area contributed by atoms with Crippen LogP contribution in [0.25, 0.3) is 0 Å². The second kappa shape index (κ2) is 8.17. The highest BCUT2D eigenvalue weighted by molar-refractivity contribution is 9.10. The fraction of sp³-hybridized carbons (Fsp3) is 0.421. The predicted octanol–water partition coefficient (Wildman–Crippen LogP) is 3.50. The molecular formula is C19H24BrN3O2. The number of nitrogens with one attached hydrogen (secondary N) is 1. The molecule has 2 aromatic rings. The SMILES string of the molecule is Cc1ccc(NC(=O)[C@@H](C)N2CCN(Cc3ccco3)CC2)c(Br)c1.